The number of carbonyl (C=O) groups is 1. The minimum absolute atomic E-state index is 0.0465. The highest BCUT2D eigenvalue weighted by atomic mass is 19.3. The lowest BCUT2D eigenvalue weighted by atomic mass is 9.97. The number of fused-ring (bicyclic) bond motifs is 10. The Hall–Kier alpha value is -3.98. The van der Waals surface area contributed by atoms with Crippen molar-refractivity contribution in [2.24, 2.45) is 5.73 Å². The van der Waals surface area contributed by atoms with E-state index >= 15 is 0 Å². The lowest BCUT2D eigenvalue weighted by molar-refractivity contribution is -0.0507. The van der Waals surface area contributed by atoms with Gasteiger partial charge in [-0.3, -0.25) is 4.79 Å². The fourth-order valence-electron chi connectivity index (χ4n) is 6.50. The Bertz CT molecular complexity index is 1650. The summed E-state index contributed by atoms with van der Waals surface area (Å²) in [5.41, 5.74) is 11.7. The van der Waals surface area contributed by atoms with Crippen LogP contribution in [0.3, 0.4) is 0 Å². The van der Waals surface area contributed by atoms with Crippen molar-refractivity contribution in [2.45, 2.75) is 50.0 Å². The van der Waals surface area contributed by atoms with Crippen LogP contribution in [0.5, 0.6) is 11.5 Å². The average Bonchev–Trinajstić information content (AvgIpc) is 3.47. The second kappa shape index (κ2) is 7.77. The first-order valence-electron chi connectivity index (χ1n) is 12.9. The molecule has 8 rings (SSSR count). The molecule has 1 aromatic heterocycles. The second-order valence-corrected chi connectivity index (χ2v) is 10.5. The first-order chi connectivity index (χ1) is 18.5. The molecule has 2 N–H and O–H groups in total. The van der Waals surface area contributed by atoms with Gasteiger partial charge in [-0.15, -0.1) is 0 Å². The lowest BCUT2D eigenvalue weighted by Crippen LogP contribution is -2.36. The van der Waals surface area contributed by atoms with Crippen molar-refractivity contribution in [3.63, 3.8) is 0 Å². The normalized spacial score (nSPS) is 23.3. The highest BCUT2D eigenvalue weighted by Gasteiger charge is 2.50. The Morgan fingerprint density at radius 3 is 2.68 bits per heavy atom. The topological polar surface area (TPSA) is 82.6 Å². The number of imidazole rings is 1. The van der Waals surface area contributed by atoms with Crippen LogP contribution in [-0.4, -0.2) is 39.6 Å². The molecule has 4 heterocycles. The second-order valence-electron chi connectivity index (χ2n) is 10.5. The van der Waals surface area contributed by atoms with Crippen molar-refractivity contribution in [3.05, 3.63) is 77.1 Å². The van der Waals surface area contributed by atoms with Gasteiger partial charge in [0.05, 0.1) is 29.2 Å². The largest absolute Gasteiger partial charge is 0.491 e. The van der Waals surface area contributed by atoms with Crippen LogP contribution in [0.15, 0.2) is 54.6 Å². The summed E-state index contributed by atoms with van der Waals surface area (Å²) >= 11 is 0. The summed E-state index contributed by atoms with van der Waals surface area (Å²) < 4.78 is 39.7. The van der Waals surface area contributed by atoms with Crippen molar-refractivity contribution >= 4 is 16.9 Å². The van der Waals surface area contributed by atoms with Crippen LogP contribution in [0, 0.1) is 0 Å². The SMILES string of the molecule is N[C@H]1COc2cc(-c3ccc4nc5n(c4c3)[C@@H]3CC5N(C4CC4)C(=O)c4cccc(OC(F)F)c43)ccc21. The molecule has 3 aliphatic heterocycles. The zero-order chi connectivity index (χ0) is 25.7. The van der Waals surface area contributed by atoms with Crippen LogP contribution >= 0.6 is 0 Å². The summed E-state index contributed by atoms with van der Waals surface area (Å²) in [6.07, 6.45) is 2.44. The number of hydrogen-bond acceptors (Lipinski definition) is 5. The van der Waals surface area contributed by atoms with E-state index in [0.717, 1.165) is 52.1 Å². The summed E-state index contributed by atoms with van der Waals surface area (Å²) in [7, 11) is 0. The van der Waals surface area contributed by atoms with Gasteiger partial charge >= 0.3 is 6.61 Å². The van der Waals surface area contributed by atoms with Crippen LogP contribution in [0.25, 0.3) is 22.2 Å². The molecule has 0 radical (unpaired) electrons. The van der Waals surface area contributed by atoms with Crippen LogP contribution in [-0.2, 0) is 0 Å². The number of nitrogens with zero attached hydrogens (tertiary/aromatic N) is 3. The number of carbonyl (C=O) groups excluding carboxylic acids is 1. The molecule has 192 valence electrons. The molecule has 0 spiro atoms. The van der Waals surface area contributed by atoms with Crippen LogP contribution in [0.2, 0.25) is 0 Å². The summed E-state index contributed by atoms with van der Waals surface area (Å²) in [6.45, 7) is -2.52. The molecule has 9 heteroatoms. The van der Waals surface area contributed by atoms with E-state index in [1.807, 2.05) is 35.2 Å². The predicted molar refractivity (Wildman–Crippen MR) is 135 cm³/mol. The van der Waals surface area contributed by atoms with Gasteiger partial charge in [0.1, 0.15) is 23.9 Å². The van der Waals surface area contributed by atoms with Crippen LogP contribution < -0.4 is 15.2 Å². The highest BCUT2D eigenvalue weighted by molar-refractivity contribution is 5.98. The molecular formula is C29H24F2N4O3. The summed E-state index contributed by atoms with van der Waals surface area (Å²) in [5, 5.41) is 0. The molecule has 38 heavy (non-hydrogen) atoms. The van der Waals surface area contributed by atoms with Crippen molar-refractivity contribution in [3.8, 4) is 22.6 Å². The van der Waals surface area contributed by atoms with E-state index in [0.29, 0.717) is 24.2 Å². The standard InChI is InChI=1S/C29H24F2N4O3/c30-29(31)38-24-3-1-2-18-26(24)22-12-23(34(28(18)36)16-6-7-16)27-33-20-9-5-14(10-21(20)35(22)27)15-4-8-17-19(32)13-37-25(17)11-15/h1-5,8-11,16,19,22-23,29H,6-7,12-13,32H2/t19-,22+,23?/m0/s1. The smallest absolute Gasteiger partial charge is 0.387 e. The van der Waals surface area contributed by atoms with Crippen molar-refractivity contribution in [2.75, 3.05) is 6.61 Å². The van der Waals surface area contributed by atoms with Gasteiger partial charge in [-0.25, -0.2) is 4.98 Å². The van der Waals surface area contributed by atoms with Crippen LogP contribution in [0.1, 0.15) is 64.7 Å². The highest BCUT2D eigenvalue weighted by Crippen LogP contribution is 2.53. The number of halogens is 2. The molecule has 3 atom stereocenters. The molecule has 4 aliphatic rings. The third-order valence-corrected chi connectivity index (χ3v) is 8.29. The molecule has 3 aromatic carbocycles. The zero-order valence-electron chi connectivity index (χ0n) is 20.3. The lowest BCUT2D eigenvalue weighted by Gasteiger charge is -2.28. The monoisotopic (exact) mass is 514 g/mol. The number of alkyl halides is 2. The van der Waals surface area contributed by atoms with Gasteiger partial charge in [-0.05, 0) is 54.3 Å². The molecule has 1 amide bonds. The maximum Gasteiger partial charge on any atom is 0.387 e. The van der Waals surface area contributed by atoms with Gasteiger partial charge < -0.3 is 24.7 Å². The number of rotatable bonds is 4. The number of aromatic nitrogens is 2. The Morgan fingerprint density at radius 2 is 1.87 bits per heavy atom. The molecule has 1 saturated carbocycles. The minimum Gasteiger partial charge on any atom is -0.491 e. The molecule has 0 saturated heterocycles. The molecule has 1 fully saturated rings. The molecule has 2 bridgehead atoms. The molecular weight excluding hydrogens is 490 g/mol. The number of nitrogens with two attached hydrogens (primary N) is 1. The van der Waals surface area contributed by atoms with E-state index < -0.39 is 6.61 Å². The summed E-state index contributed by atoms with van der Waals surface area (Å²) in [6, 6.07) is 16.4. The van der Waals surface area contributed by atoms with Gasteiger partial charge in [0, 0.05) is 29.2 Å². The number of hydrogen-bond donors (Lipinski definition) is 1. The first-order valence-corrected chi connectivity index (χ1v) is 12.9. The zero-order valence-corrected chi connectivity index (χ0v) is 20.3. The fourth-order valence-corrected chi connectivity index (χ4v) is 6.50. The predicted octanol–water partition coefficient (Wildman–Crippen LogP) is 5.35. The fraction of sp³-hybridized carbons (Fsp3) is 0.310. The van der Waals surface area contributed by atoms with E-state index in [9.17, 15) is 13.6 Å². The van der Waals surface area contributed by atoms with E-state index in [2.05, 4.69) is 10.6 Å². The third-order valence-electron chi connectivity index (χ3n) is 8.29. The summed E-state index contributed by atoms with van der Waals surface area (Å²) in [4.78, 5) is 20.7. The first kappa shape index (κ1) is 22.0. The quantitative estimate of drug-likeness (QED) is 0.397. The molecule has 1 aliphatic carbocycles. The van der Waals surface area contributed by atoms with Crippen LogP contribution in [0.4, 0.5) is 8.78 Å². The van der Waals surface area contributed by atoms with Crippen molar-refractivity contribution in [1.82, 2.24) is 14.5 Å². The van der Waals surface area contributed by atoms with Gasteiger partial charge in [0.15, 0.2) is 0 Å². The Labute approximate surface area is 216 Å². The van der Waals surface area contributed by atoms with Gasteiger partial charge in [0.2, 0.25) is 0 Å². The van der Waals surface area contributed by atoms with Gasteiger partial charge in [0.25, 0.3) is 5.91 Å². The van der Waals surface area contributed by atoms with E-state index in [4.69, 9.17) is 20.2 Å². The Kier molecular flexibility index (Phi) is 4.51. The number of benzene rings is 3. The maximum absolute atomic E-state index is 13.8. The van der Waals surface area contributed by atoms with Crippen molar-refractivity contribution in [1.29, 1.82) is 0 Å². The molecule has 1 unspecified atom stereocenters. The van der Waals surface area contributed by atoms with E-state index in [-0.39, 0.29) is 35.8 Å². The average molecular weight is 515 g/mol. The minimum atomic E-state index is -2.99. The summed E-state index contributed by atoms with van der Waals surface area (Å²) in [5.74, 6) is 1.50. The molecule has 4 aromatic rings. The van der Waals surface area contributed by atoms with E-state index in [1.54, 1.807) is 12.1 Å². The number of ether oxygens (including phenoxy) is 2. The molecule has 7 nitrogen and oxygen atoms in total. The van der Waals surface area contributed by atoms with Gasteiger partial charge in [-0.2, -0.15) is 8.78 Å². The van der Waals surface area contributed by atoms with Gasteiger partial charge in [-0.1, -0.05) is 24.3 Å². The maximum atomic E-state index is 13.8. The third kappa shape index (κ3) is 3.08. The Balaban J connectivity index is 1.32. The van der Waals surface area contributed by atoms with Crippen molar-refractivity contribution < 1.29 is 23.0 Å². The Morgan fingerprint density at radius 1 is 1.05 bits per heavy atom. The number of amides is 1. The van der Waals surface area contributed by atoms with E-state index in [1.165, 1.54) is 6.07 Å².